The van der Waals surface area contributed by atoms with Crippen molar-refractivity contribution in [1.82, 2.24) is 4.72 Å². The molecule has 0 amide bonds. The van der Waals surface area contributed by atoms with Gasteiger partial charge in [0.05, 0.1) is 0 Å². The third-order valence-corrected chi connectivity index (χ3v) is 2.75. The topological polar surface area (TPSA) is 83.5 Å². The number of hydrogen-bond donors (Lipinski definition) is 2. The molecule has 94 valence electrons. The van der Waals surface area contributed by atoms with Gasteiger partial charge in [0.1, 0.15) is 0 Å². The number of hydrogen-bond acceptors (Lipinski definition) is 3. The molecule has 9 heteroatoms. The summed E-state index contributed by atoms with van der Waals surface area (Å²) in [6, 6.07) is 0. The van der Waals surface area contributed by atoms with Gasteiger partial charge in [0.2, 0.25) is 0 Å². The molecule has 0 aliphatic rings. The van der Waals surface area contributed by atoms with Crippen molar-refractivity contribution in [3.8, 4) is 0 Å². The maximum Gasteiger partial charge on any atom is 0.511 e. The van der Waals surface area contributed by atoms with Gasteiger partial charge in [-0.3, -0.25) is 0 Å². The molecule has 0 aromatic rings. The van der Waals surface area contributed by atoms with Gasteiger partial charge in [-0.25, -0.2) is 17.9 Å². The van der Waals surface area contributed by atoms with Crippen LogP contribution in [0.1, 0.15) is 12.8 Å². The zero-order valence-electron chi connectivity index (χ0n) is 8.04. The fraction of sp³-hybridized carbons (Fsp3) is 0.571. The molecule has 16 heavy (non-hydrogen) atoms. The Hall–Kier alpha value is -1.09. The van der Waals surface area contributed by atoms with Gasteiger partial charge in [-0.2, -0.15) is 13.2 Å². The number of nitrogens with one attached hydrogen (secondary N) is 1. The number of sulfonamides is 1. The van der Waals surface area contributed by atoms with Gasteiger partial charge in [0.15, 0.2) is 0 Å². The Kier molecular flexibility index (Phi) is 4.94. The minimum Gasteiger partial charge on any atom is -0.478 e. The molecule has 0 radical (unpaired) electrons. The maximum absolute atomic E-state index is 11.8. The number of carbonyl (C=O) groups is 1. The van der Waals surface area contributed by atoms with E-state index in [2.05, 4.69) is 6.58 Å². The molecule has 0 unspecified atom stereocenters. The molecule has 0 spiro atoms. The van der Waals surface area contributed by atoms with E-state index in [1.54, 1.807) is 0 Å². The molecular weight excluding hydrogens is 251 g/mol. The smallest absolute Gasteiger partial charge is 0.478 e. The molecule has 0 aliphatic heterocycles. The zero-order chi connectivity index (χ0) is 13.0. The van der Waals surface area contributed by atoms with Crippen molar-refractivity contribution in [1.29, 1.82) is 0 Å². The normalized spacial score (nSPS) is 12.4. The highest BCUT2D eigenvalue weighted by molar-refractivity contribution is 7.90. The van der Waals surface area contributed by atoms with Crippen LogP contribution in [0.15, 0.2) is 12.2 Å². The van der Waals surface area contributed by atoms with Crippen molar-refractivity contribution in [3.63, 3.8) is 0 Å². The van der Waals surface area contributed by atoms with E-state index in [-0.39, 0.29) is 18.4 Å². The predicted octanol–water partition coefficient (Wildman–Crippen LogP) is 0.847. The summed E-state index contributed by atoms with van der Waals surface area (Å²) in [5, 5.41) is 8.35. The number of rotatable bonds is 6. The number of aliphatic carboxylic acids is 1. The molecule has 0 fully saturated rings. The predicted molar refractivity (Wildman–Crippen MR) is 49.0 cm³/mol. The second kappa shape index (κ2) is 5.30. The van der Waals surface area contributed by atoms with E-state index in [0.29, 0.717) is 0 Å². The van der Waals surface area contributed by atoms with Crippen LogP contribution < -0.4 is 4.72 Å². The largest absolute Gasteiger partial charge is 0.511 e. The molecule has 0 saturated heterocycles. The van der Waals surface area contributed by atoms with E-state index in [0.717, 1.165) is 0 Å². The van der Waals surface area contributed by atoms with Crippen molar-refractivity contribution in [3.05, 3.63) is 12.2 Å². The summed E-state index contributed by atoms with van der Waals surface area (Å²) in [6.45, 7) is 2.65. The van der Waals surface area contributed by atoms with Gasteiger partial charge < -0.3 is 5.11 Å². The number of carboxylic acids is 1. The fourth-order valence-corrected chi connectivity index (χ4v) is 1.27. The van der Waals surface area contributed by atoms with Crippen LogP contribution in [0.5, 0.6) is 0 Å². The number of alkyl halides is 3. The molecule has 0 heterocycles. The first kappa shape index (κ1) is 14.9. The lowest BCUT2D eigenvalue weighted by Gasteiger charge is -2.08. The molecule has 2 N–H and O–H groups in total. The highest BCUT2D eigenvalue weighted by atomic mass is 32.2. The first-order valence-corrected chi connectivity index (χ1v) is 5.53. The molecule has 0 bridgehead atoms. The SMILES string of the molecule is C=C(CCCNS(=O)(=O)C(F)(F)F)C(=O)O. The second-order valence-corrected chi connectivity index (χ2v) is 4.61. The van der Waals surface area contributed by atoms with E-state index in [4.69, 9.17) is 5.11 Å². The number of halogens is 3. The third kappa shape index (κ3) is 4.62. The molecule has 0 aromatic heterocycles. The molecule has 5 nitrogen and oxygen atoms in total. The minimum absolute atomic E-state index is 0.0690. The van der Waals surface area contributed by atoms with Gasteiger partial charge >= 0.3 is 21.5 Å². The fourth-order valence-electron chi connectivity index (χ4n) is 0.697. The lowest BCUT2D eigenvalue weighted by atomic mass is 10.2. The highest BCUT2D eigenvalue weighted by Crippen LogP contribution is 2.21. The van der Waals surface area contributed by atoms with E-state index in [1.807, 2.05) is 0 Å². The van der Waals surface area contributed by atoms with Gasteiger partial charge in [-0.05, 0) is 12.8 Å². The minimum atomic E-state index is -5.35. The van der Waals surface area contributed by atoms with Gasteiger partial charge in [-0.15, -0.1) is 0 Å². The van der Waals surface area contributed by atoms with Crippen LogP contribution in [0.4, 0.5) is 13.2 Å². The van der Waals surface area contributed by atoms with Crippen LogP contribution in [0, 0.1) is 0 Å². The van der Waals surface area contributed by atoms with Crippen molar-refractivity contribution in [2.75, 3.05) is 6.54 Å². The van der Waals surface area contributed by atoms with Gasteiger partial charge in [-0.1, -0.05) is 6.58 Å². The summed E-state index contributed by atoms with van der Waals surface area (Å²) < 4.78 is 57.6. The summed E-state index contributed by atoms with van der Waals surface area (Å²) in [7, 11) is -5.34. The summed E-state index contributed by atoms with van der Waals surface area (Å²) in [4.78, 5) is 10.2. The quantitative estimate of drug-likeness (QED) is 0.548. The second-order valence-electron chi connectivity index (χ2n) is 2.86. The third-order valence-electron chi connectivity index (χ3n) is 1.55. The lowest BCUT2D eigenvalue weighted by molar-refractivity contribution is -0.132. The molecule has 0 saturated carbocycles. The Labute approximate surface area is 90.0 Å². The standard InChI is InChI=1S/C7H10F3NO4S/c1-5(6(12)13)3-2-4-11-16(14,15)7(8,9)10/h11H,1-4H2,(H,12,13). The van der Waals surface area contributed by atoms with Crippen molar-refractivity contribution in [2.45, 2.75) is 18.3 Å². The van der Waals surface area contributed by atoms with Crippen LogP contribution in [-0.2, 0) is 14.8 Å². The number of carboxylic acid groups (broad SMARTS) is 1. The van der Waals surface area contributed by atoms with Crippen molar-refractivity contribution < 1.29 is 31.5 Å². The summed E-state index contributed by atoms with van der Waals surface area (Å²) in [5.74, 6) is -1.27. The Balaban J connectivity index is 4.02. The maximum atomic E-state index is 11.8. The first-order chi connectivity index (χ1) is 7.08. The van der Waals surface area contributed by atoms with E-state index >= 15 is 0 Å². The van der Waals surface area contributed by atoms with Crippen molar-refractivity contribution in [2.24, 2.45) is 0 Å². The van der Waals surface area contributed by atoms with E-state index in [9.17, 15) is 26.4 Å². The van der Waals surface area contributed by atoms with Crippen LogP contribution in [-0.4, -0.2) is 31.5 Å². The Morgan fingerprint density at radius 3 is 2.25 bits per heavy atom. The van der Waals surface area contributed by atoms with Crippen LogP contribution in [0.3, 0.4) is 0 Å². The monoisotopic (exact) mass is 261 g/mol. The highest BCUT2D eigenvalue weighted by Gasteiger charge is 2.45. The summed E-state index contributed by atoms with van der Waals surface area (Å²) in [6.07, 6.45) is -0.157. The summed E-state index contributed by atoms with van der Waals surface area (Å²) >= 11 is 0. The molecule has 0 rings (SSSR count). The summed E-state index contributed by atoms with van der Waals surface area (Å²) in [5.41, 5.74) is -5.54. The average Bonchev–Trinajstić information content (AvgIpc) is 2.09. The Bertz CT molecular complexity index is 374. The van der Waals surface area contributed by atoms with E-state index in [1.165, 1.54) is 4.72 Å². The first-order valence-electron chi connectivity index (χ1n) is 4.05. The Morgan fingerprint density at radius 2 is 1.88 bits per heavy atom. The Morgan fingerprint density at radius 1 is 1.38 bits per heavy atom. The van der Waals surface area contributed by atoms with Crippen molar-refractivity contribution >= 4 is 16.0 Å². The average molecular weight is 261 g/mol. The van der Waals surface area contributed by atoms with Crippen LogP contribution >= 0.6 is 0 Å². The molecule has 0 aliphatic carbocycles. The van der Waals surface area contributed by atoms with Gasteiger partial charge in [0, 0.05) is 12.1 Å². The molecule has 0 atom stereocenters. The lowest BCUT2D eigenvalue weighted by Crippen LogP contribution is -2.36. The van der Waals surface area contributed by atoms with E-state index < -0.39 is 28.0 Å². The molecule has 0 aromatic carbocycles. The zero-order valence-corrected chi connectivity index (χ0v) is 8.86. The molecular formula is C7H10F3NO4S. The van der Waals surface area contributed by atoms with Crippen LogP contribution in [0.25, 0.3) is 0 Å². The van der Waals surface area contributed by atoms with Gasteiger partial charge in [0.25, 0.3) is 0 Å². The van der Waals surface area contributed by atoms with Crippen LogP contribution in [0.2, 0.25) is 0 Å².